The highest BCUT2D eigenvalue weighted by Gasteiger charge is 2.43. The molecule has 18 heavy (non-hydrogen) atoms. The molecule has 0 saturated heterocycles. The fourth-order valence-corrected chi connectivity index (χ4v) is 2.63. The van der Waals surface area contributed by atoms with Crippen molar-refractivity contribution in [2.45, 2.75) is 39.6 Å². The fraction of sp³-hybridized carbons (Fsp3) is 0.500. The van der Waals surface area contributed by atoms with Gasteiger partial charge >= 0.3 is 5.97 Å². The second kappa shape index (κ2) is 4.37. The van der Waals surface area contributed by atoms with Gasteiger partial charge in [0.15, 0.2) is 0 Å². The van der Waals surface area contributed by atoms with Crippen LogP contribution < -0.4 is 0 Å². The Morgan fingerprint density at radius 3 is 2.50 bits per heavy atom. The molecule has 2 rings (SSSR count). The number of carbonyl (C=O) groups is 1. The maximum absolute atomic E-state index is 11.5. The molecule has 0 radical (unpaired) electrons. The minimum absolute atomic E-state index is 0.436. The number of nitrogens with zero attached hydrogens (tertiary/aromatic N) is 1. The summed E-state index contributed by atoms with van der Waals surface area (Å²) in [6.45, 7) is 6.11. The zero-order valence-corrected chi connectivity index (χ0v) is 10.9. The van der Waals surface area contributed by atoms with Crippen LogP contribution in [0.3, 0.4) is 0 Å². The Morgan fingerprint density at radius 1 is 1.39 bits per heavy atom. The molecule has 4 nitrogen and oxygen atoms in total. The number of carboxylic acids is 1. The Hall–Kier alpha value is -1.39. The van der Waals surface area contributed by atoms with E-state index in [4.69, 9.17) is 0 Å². The summed E-state index contributed by atoms with van der Waals surface area (Å²) < 4.78 is 0. The van der Waals surface area contributed by atoms with Gasteiger partial charge in [-0.05, 0) is 16.5 Å². The van der Waals surface area contributed by atoms with Crippen LogP contribution in [0.1, 0.15) is 38.1 Å². The molecule has 1 heterocycles. The van der Waals surface area contributed by atoms with E-state index in [9.17, 15) is 15.0 Å². The number of fused-ring (bicyclic) bond motifs is 1. The normalized spacial score (nSPS) is 21.7. The van der Waals surface area contributed by atoms with Gasteiger partial charge in [0.25, 0.3) is 0 Å². The van der Waals surface area contributed by atoms with Gasteiger partial charge in [-0.15, -0.1) is 0 Å². The van der Waals surface area contributed by atoms with Gasteiger partial charge in [0, 0.05) is 6.54 Å². The van der Waals surface area contributed by atoms with Gasteiger partial charge in [-0.1, -0.05) is 45.0 Å². The summed E-state index contributed by atoms with van der Waals surface area (Å²) in [4.78, 5) is 13.1. The number of aliphatic carboxylic acids is 1. The van der Waals surface area contributed by atoms with Gasteiger partial charge < -0.3 is 10.2 Å². The number of rotatable bonds is 2. The number of aliphatic hydroxyl groups excluding tert-OH is 1. The lowest BCUT2D eigenvalue weighted by Crippen LogP contribution is -2.48. The van der Waals surface area contributed by atoms with Crippen molar-refractivity contribution < 1.29 is 15.0 Å². The van der Waals surface area contributed by atoms with E-state index < -0.39 is 23.7 Å². The Balaban J connectivity index is 2.34. The molecule has 1 aromatic carbocycles. The smallest absolute Gasteiger partial charge is 0.321 e. The van der Waals surface area contributed by atoms with Crippen LogP contribution in [-0.2, 0) is 11.3 Å². The van der Waals surface area contributed by atoms with E-state index in [1.807, 2.05) is 45.0 Å². The van der Waals surface area contributed by atoms with E-state index in [1.54, 1.807) is 4.90 Å². The molecule has 0 aliphatic carbocycles. The maximum atomic E-state index is 11.5. The third kappa shape index (κ3) is 2.13. The van der Waals surface area contributed by atoms with Gasteiger partial charge in [0.05, 0.1) is 0 Å². The molecule has 0 bridgehead atoms. The van der Waals surface area contributed by atoms with Crippen molar-refractivity contribution in [1.29, 1.82) is 0 Å². The Morgan fingerprint density at radius 2 is 2.00 bits per heavy atom. The summed E-state index contributed by atoms with van der Waals surface area (Å²) in [5.41, 5.74) is 1.38. The summed E-state index contributed by atoms with van der Waals surface area (Å²) in [6, 6.07) is 6.84. The molecule has 0 aromatic heterocycles. The third-order valence-corrected chi connectivity index (χ3v) is 3.39. The predicted octanol–water partition coefficient (Wildman–Crippen LogP) is 1.99. The fourth-order valence-electron chi connectivity index (χ4n) is 2.63. The molecule has 4 heteroatoms. The quantitative estimate of drug-likeness (QED) is 0.841. The Labute approximate surface area is 107 Å². The third-order valence-electron chi connectivity index (χ3n) is 3.39. The molecule has 0 spiro atoms. The second-order valence-electron chi connectivity index (χ2n) is 5.85. The van der Waals surface area contributed by atoms with Crippen LogP contribution >= 0.6 is 0 Å². The molecule has 0 fully saturated rings. The van der Waals surface area contributed by atoms with E-state index in [0.29, 0.717) is 6.54 Å². The standard InChI is InChI=1S/C14H19NO3/c1-14(2,3)11(13(17)18)15-8-9-6-4-5-7-10(9)12(15)16/h4-7,11-12,16H,8H2,1-3H3,(H,17,18)/t11-,12?/m1/s1. The molecule has 0 saturated carbocycles. The summed E-state index contributed by atoms with van der Waals surface area (Å²) in [7, 11) is 0. The van der Waals surface area contributed by atoms with Gasteiger partial charge in [-0.25, -0.2) is 0 Å². The van der Waals surface area contributed by atoms with Gasteiger partial charge in [-0.2, -0.15) is 0 Å². The SMILES string of the molecule is CC(C)(C)[C@@H](C(=O)O)N1Cc2ccccc2C1O. The molecular formula is C14H19NO3. The number of benzene rings is 1. The van der Waals surface area contributed by atoms with Crippen molar-refractivity contribution >= 4 is 5.97 Å². The zero-order chi connectivity index (χ0) is 13.5. The molecule has 1 aliphatic rings. The van der Waals surface area contributed by atoms with Crippen LogP contribution in [0.2, 0.25) is 0 Å². The Bertz CT molecular complexity index is 464. The lowest BCUT2D eigenvalue weighted by molar-refractivity contribution is -0.155. The minimum Gasteiger partial charge on any atom is -0.480 e. The zero-order valence-electron chi connectivity index (χ0n) is 10.9. The van der Waals surface area contributed by atoms with Gasteiger partial charge in [-0.3, -0.25) is 9.69 Å². The Kier molecular flexibility index (Phi) is 3.17. The highest BCUT2D eigenvalue weighted by Crippen LogP contribution is 2.38. The van der Waals surface area contributed by atoms with E-state index in [0.717, 1.165) is 11.1 Å². The van der Waals surface area contributed by atoms with Crippen LogP contribution in [0.15, 0.2) is 24.3 Å². The predicted molar refractivity (Wildman–Crippen MR) is 67.8 cm³/mol. The highest BCUT2D eigenvalue weighted by molar-refractivity contribution is 5.74. The molecule has 1 aromatic rings. The largest absolute Gasteiger partial charge is 0.480 e. The van der Waals surface area contributed by atoms with E-state index >= 15 is 0 Å². The van der Waals surface area contributed by atoms with Crippen molar-refractivity contribution in [3.8, 4) is 0 Å². The summed E-state index contributed by atoms with van der Waals surface area (Å²) in [5.74, 6) is -0.894. The first-order chi connectivity index (χ1) is 8.32. The first kappa shape index (κ1) is 13.1. The lowest BCUT2D eigenvalue weighted by atomic mass is 9.85. The van der Waals surface area contributed by atoms with Crippen LogP contribution in [0, 0.1) is 5.41 Å². The van der Waals surface area contributed by atoms with Crippen molar-refractivity contribution in [3.63, 3.8) is 0 Å². The monoisotopic (exact) mass is 249 g/mol. The van der Waals surface area contributed by atoms with Crippen LogP contribution in [0.5, 0.6) is 0 Å². The van der Waals surface area contributed by atoms with Gasteiger partial charge in [0.1, 0.15) is 12.3 Å². The second-order valence-corrected chi connectivity index (χ2v) is 5.85. The molecular weight excluding hydrogens is 230 g/mol. The topological polar surface area (TPSA) is 60.8 Å². The number of aliphatic hydroxyl groups is 1. The van der Waals surface area contributed by atoms with E-state index in [1.165, 1.54) is 0 Å². The van der Waals surface area contributed by atoms with E-state index in [2.05, 4.69) is 0 Å². The van der Waals surface area contributed by atoms with Crippen molar-refractivity contribution in [3.05, 3.63) is 35.4 Å². The highest BCUT2D eigenvalue weighted by atomic mass is 16.4. The van der Waals surface area contributed by atoms with Crippen LogP contribution in [0.4, 0.5) is 0 Å². The molecule has 1 aliphatic heterocycles. The van der Waals surface area contributed by atoms with Crippen molar-refractivity contribution in [1.82, 2.24) is 4.90 Å². The van der Waals surface area contributed by atoms with Crippen LogP contribution in [0.25, 0.3) is 0 Å². The van der Waals surface area contributed by atoms with Crippen molar-refractivity contribution in [2.75, 3.05) is 0 Å². The molecule has 2 N–H and O–H groups in total. The molecule has 1 unspecified atom stereocenters. The molecule has 0 amide bonds. The number of hydrogen-bond acceptors (Lipinski definition) is 3. The first-order valence-corrected chi connectivity index (χ1v) is 6.07. The first-order valence-electron chi connectivity index (χ1n) is 6.07. The summed E-state index contributed by atoms with van der Waals surface area (Å²) in [5, 5.41) is 19.7. The molecule has 2 atom stereocenters. The average Bonchev–Trinajstić information content (AvgIpc) is 2.55. The lowest BCUT2D eigenvalue weighted by Gasteiger charge is -2.36. The summed E-state index contributed by atoms with van der Waals surface area (Å²) >= 11 is 0. The molecule has 98 valence electrons. The van der Waals surface area contributed by atoms with Crippen LogP contribution in [-0.4, -0.2) is 27.1 Å². The minimum atomic E-state index is -0.894. The maximum Gasteiger partial charge on any atom is 0.321 e. The average molecular weight is 249 g/mol. The van der Waals surface area contributed by atoms with Gasteiger partial charge in [0.2, 0.25) is 0 Å². The summed E-state index contributed by atoms with van der Waals surface area (Å²) in [6.07, 6.45) is -0.832. The van der Waals surface area contributed by atoms with Crippen molar-refractivity contribution in [2.24, 2.45) is 5.41 Å². The van der Waals surface area contributed by atoms with E-state index in [-0.39, 0.29) is 0 Å². The number of carboxylic acid groups (broad SMARTS) is 1. The number of hydrogen-bond donors (Lipinski definition) is 2.